The molecule has 12 heteroatoms. The van der Waals surface area contributed by atoms with Crippen molar-refractivity contribution in [3.63, 3.8) is 0 Å². The summed E-state index contributed by atoms with van der Waals surface area (Å²) in [5.74, 6) is 0.371. The number of hydrogen-bond donors (Lipinski definition) is 3. The van der Waals surface area contributed by atoms with Crippen molar-refractivity contribution in [2.75, 3.05) is 34.0 Å². The largest absolute Gasteiger partial charge is 0.494 e. The Morgan fingerprint density at radius 2 is 2.03 bits per heavy atom. The molecule has 0 saturated carbocycles. The number of methoxy groups -OCH3 is 2. The maximum absolute atomic E-state index is 13.7. The Kier molecular flexibility index (Phi) is 10.6. The molecule has 3 rings (SSSR count). The van der Waals surface area contributed by atoms with Crippen molar-refractivity contribution in [1.29, 1.82) is 0 Å². The van der Waals surface area contributed by atoms with Gasteiger partial charge in [-0.05, 0) is 29.8 Å². The molecule has 1 heterocycles. The Morgan fingerprint density at radius 3 is 2.68 bits per heavy atom. The lowest BCUT2D eigenvalue weighted by Gasteiger charge is -2.30. The number of carbonyl (C=O) groups is 1. The minimum absolute atomic E-state index is 0.0430. The van der Waals surface area contributed by atoms with E-state index in [0.717, 1.165) is 0 Å². The molecule has 0 fully saturated rings. The number of aliphatic imine (C=N–C) groups is 1. The lowest BCUT2D eigenvalue weighted by atomic mass is 9.84. The number of azide groups is 1. The second-order valence-corrected chi connectivity index (χ2v) is 8.27. The Labute approximate surface area is 220 Å². The summed E-state index contributed by atoms with van der Waals surface area (Å²) in [6.07, 6.45) is 0.722. The van der Waals surface area contributed by atoms with Gasteiger partial charge < -0.3 is 24.1 Å². The van der Waals surface area contributed by atoms with E-state index in [1.807, 2.05) is 0 Å². The SMILES string of the molecule is C=CC[C@]1(C(=O)NNCC(OC)OC)N=C(c2ccc(OCCCO)cc2)O[C@H]1c1ccccc1N=[N+]=[N-]. The highest BCUT2D eigenvalue weighted by Gasteiger charge is 2.53. The number of ether oxygens (including phenoxy) is 4. The van der Waals surface area contributed by atoms with Crippen LogP contribution < -0.4 is 15.6 Å². The molecule has 0 unspecified atom stereocenters. The van der Waals surface area contributed by atoms with Gasteiger partial charge in [-0.1, -0.05) is 35.5 Å². The molecule has 0 aliphatic carbocycles. The van der Waals surface area contributed by atoms with E-state index in [0.29, 0.717) is 35.6 Å². The second-order valence-electron chi connectivity index (χ2n) is 8.27. The van der Waals surface area contributed by atoms with Crippen molar-refractivity contribution in [3.8, 4) is 5.75 Å². The molecule has 0 aromatic heterocycles. The first-order valence-electron chi connectivity index (χ1n) is 12.0. The number of aliphatic hydroxyl groups excluding tert-OH is 1. The second kappa shape index (κ2) is 14.1. The highest BCUT2D eigenvalue weighted by molar-refractivity contribution is 6.01. The minimum Gasteiger partial charge on any atom is -0.494 e. The van der Waals surface area contributed by atoms with Gasteiger partial charge in [0, 0.05) is 55.4 Å². The first-order chi connectivity index (χ1) is 18.5. The van der Waals surface area contributed by atoms with Crippen LogP contribution in [-0.4, -0.2) is 62.7 Å². The van der Waals surface area contributed by atoms with Gasteiger partial charge in [0.1, 0.15) is 5.75 Å². The van der Waals surface area contributed by atoms with E-state index in [9.17, 15) is 4.79 Å². The van der Waals surface area contributed by atoms with E-state index >= 15 is 0 Å². The van der Waals surface area contributed by atoms with Gasteiger partial charge in [0.15, 0.2) is 17.9 Å². The average Bonchev–Trinajstić information content (AvgIpc) is 3.32. The van der Waals surface area contributed by atoms with E-state index in [-0.39, 0.29) is 25.5 Å². The van der Waals surface area contributed by atoms with Crippen LogP contribution in [0, 0.1) is 0 Å². The van der Waals surface area contributed by atoms with Crippen LogP contribution in [0.4, 0.5) is 5.69 Å². The van der Waals surface area contributed by atoms with Crippen LogP contribution >= 0.6 is 0 Å². The zero-order valence-corrected chi connectivity index (χ0v) is 21.4. The Balaban J connectivity index is 1.99. The molecule has 1 aliphatic heterocycles. The quantitative estimate of drug-likeness (QED) is 0.0612. The number of hydrogen-bond acceptors (Lipinski definition) is 9. The predicted octanol–water partition coefficient (Wildman–Crippen LogP) is 3.46. The standard InChI is InChI=1S/C26H32N6O6/c1-4-14-26(25(34)31-28-17-22(35-2)36-3)23(20-8-5-6-9-21(20)30-32-27)38-24(29-26)18-10-12-19(13-11-18)37-16-7-15-33/h4-6,8-13,22-23,28,33H,1,7,14-17H2,2-3H3,(H,31,34)/t23-,26-/m0/s1. The summed E-state index contributed by atoms with van der Waals surface area (Å²) in [4.78, 5) is 21.4. The van der Waals surface area contributed by atoms with Crippen LogP contribution in [0.15, 0.2) is 71.3 Å². The zero-order chi connectivity index (χ0) is 27.4. The average molecular weight is 525 g/mol. The number of nitrogens with zero attached hydrogens (tertiary/aromatic N) is 4. The third-order valence-corrected chi connectivity index (χ3v) is 5.85. The topological polar surface area (TPSA) is 159 Å². The van der Waals surface area contributed by atoms with Crippen molar-refractivity contribution >= 4 is 17.5 Å². The van der Waals surface area contributed by atoms with Crippen LogP contribution in [0.5, 0.6) is 5.75 Å². The fourth-order valence-corrected chi connectivity index (χ4v) is 3.95. The molecule has 12 nitrogen and oxygen atoms in total. The van der Waals surface area contributed by atoms with Crippen LogP contribution in [0.2, 0.25) is 0 Å². The molecule has 1 amide bonds. The van der Waals surface area contributed by atoms with Gasteiger partial charge in [0.25, 0.3) is 5.91 Å². The van der Waals surface area contributed by atoms with Crippen LogP contribution in [0.1, 0.15) is 30.1 Å². The molecule has 3 N–H and O–H groups in total. The van der Waals surface area contributed by atoms with E-state index in [2.05, 4.69) is 27.5 Å². The zero-order valence-electron chi connectivity index (χ0n) is 21.4. The fraction of sp³-hybridized carbons (Fsp3) is 0.385. The molecule has 0 saturated heterocycles. The molecular formula is C26H32N6O6. The Hall–Kier alpha value is -3.93. The Morgan fingerprint density at radius 1 is 1.29 bits per heavy atom. The van der Waals surface area contributed by atoms with E-state index in [1.165, 1.54) is 14.2 Å². The molecular weight excluding hydrogens is 492 g/mol. The number of benzene rings is 2. The van der Waals surface area contributed by atoms with Crippen molar-refractivity contribution in [2.45, 2.75) is 30.8 Å². The van der Waals surface area contributed by atoms with Crippen molar-refractivity contribution in [1.82, 2.24) is 10.9 Å². The van der Waals surface area contributed by atoms with Gasteiger partial charge in [-0.15, -0.1) is 6.58 Å². The number of rotatable bonds is 15. The van der Waals surface area contributed by atoms with Crippen LogP contribution in [-0.2, 0) is 19.0 Å². The highest BCUT2D eigenvalue weighted by atomic mass is 16.7. The van der Waals surface area contributed by atoms with Gasteiger partial charge in [0.05, 0.1) is 13.2 Å². The molecule has 1 aliphatic rings. The summed E-state index contributed by atoms with van der Waals surface area (Å²) in [7, 11) is 2.98. The number of nitrogens with one attached hydrogen (secondary N) is 2. The number of carbonyl (C=O) groups excluding carboxylic acids is 1. The van der Waals surface area contributed by atoms with E-state index < -0.39 is 23.8 Å². The smallest absolute Gasteiger partial charge is 0.266 e. The summed E-state index contributed by atoms with van der Waals surface area (Å²) in [5.41, 5.74) is 14.6. The summed E-state index contributed by atoms with van der Waals surface area (Å²) >= 11 is 0. The lowest BCUT2D eigenvalue weighted by Crippen LogP contribution is -2.54. The lowest BCUT2D eigenvalue weighted by molar-refractivity contribution is -0.131. The minimum atomic E-state index is -1.48. The number of hydrazine groups is 1. The van der Waals surface area contributed by atoms with Crippen LogP contribution in [0.3, 0.4) is 0 Å². The molecule has 2 aromatic rings. The first-order valence-corrected chi connectivity index (χ1v) is 12.0. The third-order valence-electron chi connectivity index (χ3n) is 5.85. The highest BCUT2D eigenvalue weighted by Crippen LogP contribution is 2.45. The third kappa shape index (κ3) is 6.68. The van der Waals surface area contributed by atoms with Crippen molar-refractivity contribution in [2.24, 2.45) is 10.1 Å². The van der Waals surface area contributed by atoms with Gasteiger partial charge in [0.2, 0.25) is 5.90 Å². The first kappa shape index (κ1) is 28.6. The number of amides is 1. The van der Waals surface area contributed by atoms with Crippen LogP contribution in [0.25, 0.3) is 10.4 Å². The molecule has 2 atom stereocenters. The molecule has 2 aromatic carbocycles. The van der Waals surface area contributed by atoms with Gasteiger partial charge >= 0.3 is 0 Å². The normalized spacial score (nSPS) is 18.3. The van der Waals surface area contributed by atoms with E-state index in [4.69, 9.17) is 34.6 Å². The molecule has 0 spiro atoms. The van der Waals surface area contributed by atoms with E-state index in [1.54, 1.807) is 54.6 Å². The molecule has 38 heavy (non-hydrogen) atoms. The van der Waals surface area contributed by atoms with Crippen molar-refractivity contribution in [3.05, 3.63) is 82.8 Å². The summed E-state index contributed by atoms with van der Waals surface area (Å²) in [6.45, 7) is 4.44. The Bertz CT molecular complexity index is 1160. The summed E-state index contributed by atoms with van der Waals surface area (Å²) in [6, 6.07) is 13.9. The summed E-state index contributed by atoms with van der Waals surface area (Å²) < 4.78 is 22.2. The number of aliphatic hydroxyl groups is 1. The van der Waals surface area contributed by atoms with Crippen molar-refractivity contribution < 1.29 is 28.8 Å². The maximum atomic E-state index is 13.7. The predicted molar refractivity (Wildman–Crippen MR) is 141 cm³/mol. The van der Waals surface area contributed by atoms with Gasteiger partial charge in [-0.25, -0.2) is 10.4 Å². The molecule has 0 bridgehead atoms. The molecule has 202 valence electrons. The van der Waals surface area contributed by atoms with Gasteiger partial charge in [-0.2, -0.15) is 0 Å². The maximum Gasteiger partial charge on any atom is 0.266 e. The van der Waals surface area contributed by atoms with Gasteiger partial charge in [-0.3, -0.25) is 10.2 Å². The fourth-order valence-electron chi connectivity index (χ4n) is 3.95. The summed E-state index contributed by atoms with van der Waals surface area (Å²) in [5, 5.41) is 12.8. The monoisotopic (exact) mass is 524 g/mol. The molecule has 0 radical (unpaired) electrons.